The average Bonchev–Trinajstić information content (AvgIpc) is 2.94. The maximum Gasteiger partial charge on any atom is 0.251 e. The highest BCUT2D eigenvalue weighted by Gasteiger charge is 2.30. The standard InChI is InChI=1S/C22H29N5O2/c1-25(2)19-9-4-8-17(12-19)21(28)23-14-18-13-20-15-26(10-5-11-27(20)24-18)22(29)16-6-3-7-16/h4,8-9,12-13,16H,3,5-7,10-11,14-15H2,1-2H3,(H,23,28). The van der Waals surface area contributed by atoms with Crippen LogP contribution in [0.3, 0.4) is 0 Å². The molecule has 1 aliphatic carbocycles. The fourth-order valence-corrected chi connectivity index (χ4v) is 3.91. The second kappa shape index (κ2) is 8.27. The number of benzene rings is 1. The third-order valence-electron chi connectivity index (χ3n) is 5.89. The Labute approximate surface area is 171 Å². The van der Waals surface area contributed by atoms with Gasteiger partial charge in [-0.25, -0.2) is 0 Å². The molecule has 7 nitrogen and oxygen atoms in total. The number of nitrogens with one attached hydrogen (secondary N) is 1. The van der Waals surface area contributed by atoms with Crippen molar-refractivity contribution in [3.05, 3.63) is 47.3 Å². The van der Waals surface area contributed by atoms with Crippen LogP contribution in [0.5, 0.6) is 0 Å². The maximum atomic E-state index is 12.6. The van der Waals surface area contributed by atoms with Gasteiger partial charge < -0.3 is 15.1 Å². The first-order chi connectivity index (χ1) is 14.0. The van der Waals surface area contributed by atoms with Crippen LogP contribution in [0.25, 0.3) is 0 Å². The van der Waals surface area contributed by atoms with Crippen molar-refractivity contribution in [2.24, 2.45) is 5.92 Å². The molecule has 4 rings (SSSR count). The number of amides is 2. The van der Waals surface area contributed by atoms with Crippen LogP contribution in [-0.2, 0) is 24.4 Å². The number of carbonyl (C=O) groups is 2. The molecule has 1 aromatic heterocycles. The van der Waals surface area contributed by atoms with Gasteiger partial charge >= 0.3 is 0 Å². The quantitative estimate of drug-likeness (QED) is 0.844. The lowest BCUT2D eigenvalue weighted by molar-refractivity contribution is -0.138. The molecule has 0 unspecified atom stereocenters. The van der Waals surface area contributed by atoms with Gasteiger partial charge in [0, 0.05) is 44.4 Å². The Hall–Kier alpha value is -2.83. The summed E-state index contributed by atoms with van der Waals surface area (Å²) in [5.41, 5.74) is 3.50. The molecule has 0 spiro atoms. The Balaban J connectivity index is 1.39. The van der Waals surface area contributed by atoms with Crippen molar-refractivity contribution in [2.75, 3.05) is 25.5 Å². The van der Waals surface area contributed by atoms with E-state index in [9.17, 15) is 9.59 Å². The molecule has 2 amide bonds. The monoisotopic (exact) mass is 395 g/mol. The van der Waals surface area contributed by atoms with E-state index in [1.54, 1.807) is 0 Å². The van der Waals surface area contributed by atoms with Crippen LogP contribution in [0.4, 0.5) is 5.69 Å². The van der Waals surface area contributed by atoms with Gasteiger partial charge in [0.05, 0.1) is 24.5 Å². The van der Waals surface area contributed by atoms with Crippen molar-refractivity contribution in [1.82, 2.24) is 20.0 Å². The van der Waals surface area contributed by atoms with Gasteiger partial charge in [-0.2, -0.15) is 5.10 Å². The molecule has 0 bridgehead atoms. The second-order valence-corrected chi connectivity index (χ2v) is 8.22. The molecule has 0 saturated heterocycles. The zero-order valence-corrected chi connectivity index (χ0v) is 17.2. The van der Waals surface area contributed by atoms with Crippen molar-refractivity contribution in [3.63, 3.8) is 0 Å². The lowest BCUT2D eigenvalue weighted by atomic mass is 9.84. The molecule has 1 aliphatic heterocycles. The van der Waals surface area contributed by atoms with E-state index in [0.29, 0.717) is 24.6 Å². The number of aryl methyl sites for hydroxylation is 1. The first kappa shape index (κ1) is 19.5. The Bertz CT molecular complexity index is 900. The number of anilines is 1. The number of nitrogens with zero attached hydrogens (tertiary/aromatic N) is 4. The summed E-state index contributed by atoms with van der Waals surface area (Å²) in [5, 5.41) is 7.61. The van der Waals surface area contributed by atoms with E-state index in [2.05, 4.69) is 10.4 Å². The lowest BCUT2D eigenvalue weighted by Gasteiger charge is -2.30. The molecule has 7 heteroatoms. The van der Waals surface area contributed by atoms with E-state index >= 15 is 0 Å². The Morgan fingerprint density at radius 2 is 2.00 bits per heavy atom. The molecule has 0 atom stereocenters. The topological polar surface area (TPSA) is 70.5 Å². The molecular weight excluding hydrogens is 366 g/mol. The Morgan fingerprint density at radius 3 is 2.72 bits per heavy atom. The molecule has 1 saturated carbocycles. The van der Waals surface area contributed by atoms with Gasteiger partial charge in [0.2, 0.25) is 5.91 Å². The summed E-state index contributed by atoms with van der Waals surface area (Å²) in [5.74, 6) is 0.404. The van der Waals surface area contributed by atoms with E-state index < -0.39 is 0 Å². The van der Waals surface area contributed by atoms with Gasteiger partial charge in [-0.05, 0) is 43.5 Å². The van der Waals surface area contributed by atoms with Gasteiger partial charge in [0.25, 0.3) is 5.91 Å². The maximum absolute atomic E-state index is 12.6. The van der Waals surface area contributed by atoms with E-state index in [1.165, 1.54) is 6.42 Å². The van der Waals surface area contributed by atoms with E-state index in [0.717, 1.165) is 49.4 Å². The first-order valence-corrected chi connectivity index (χ1v) is 10.4. The normalized spacial score (nSPS) is 16.6. The van der Waals surface area contributed by atoms with Crippen LogP contribution < -0.4 is 10.2 Å². The SMILES string of the molecule is CN(C)c1cccc(C(=O)NCc2cc3n(n2)CCCN(C(=O)C2CCC2)C3)c1. The minimum atomic E-state index is -0.112. The van der Waals surface area contributed by atoms with Gasteiger partial charge in [-0.1, -0.05) is 12.5 Å². The predicted octanol–water partition coefficient (Wildman–Crippen LogP) is 2.41. The Kier molecular flexibility index (Phi) is 5.56. The molecular formula is C22H29N5O2. The highest BCUT2D eigenvalue weighted by atomic mass is 16.2. The van der Waals surface area contributed by atoms with Crippen LogP contribution in [-0.4, -0.2) is 47.1 Å². The van der Waals surface area contributed by atoms with Crippen LogP contribution in [0.15, 0.2) is 30.3 Å². The summed E-state index contributed by atoms with van der Waals surface area (Å²) in [6.07, 6.45) is 4.14. The number of carbonyl (C=O) groups excluding carboxylic acids is 2. The number of aromatic nitrogens is 2. The van der Waals surface area contributed by atoms with Gasteiger partial charge in [-0.3, -0.25) is 14.3 Å². The molecule has 1 N–H and O–H groups in total. The van der Waals surface area contributed by atoms with Crippen LogP contribution in [0.2, 0.25) is 0 Å². The molecule has 29 heavy (non-hydrogen) atoms. The third-order valence-corrected chi connectivity index (χ3v) is 5.89. The predicted molar refractivity (Wildman–Crippen MR) is 112 cm³/mol. The van der Waals surface area contributed by atoms with E-state index in [-0.39, 0.29) is 11.8 Å². The van der Waals surface area contributed by atoms with Gasteiger partial charge in [0.1, 0.15) is 0 Å². The summed E-state index contributed by atoms with van der Waals surface area (Å²) in [4.78, 5) is 29.1. The molecule has 1 fully saturated rings. The fraction of sp³-hybridized carbons (Fsp3) is 0.500. The number of rotatable bonds is 5. The Morgan fingerprint density at radius 1 is 1.17 bits per heavy atom. The average molecular weight is 396 g/mol. The van der Waals surface area contributed by atoms with E-state index in [1.807, 2.05) is 58.9 Å². The van der Waals surface area contributed by atoms with Crippen molar-refractivity contribution >= 4 is 17.5 Å². The molecule has 154 valence electrons. The zero-order chi connectivity index (χ0) is 20.4. The second-order valence-electron chi connectivity index (χ2n) is 8.22. The highest BCUT2D eigenvalue weighted by Crippen LogP contribution is 2.29. The van der Waals surface area contributed by atoms with E-state index in [4.69, 9.17) is 0 Å². The third kappa shape index (κ3) is 4.28. The summed E-state index contributed by atoms with van der Waals surface area (Å²) in [7, 11) is 3.91. The molecule has 2 aromatic rings. The molecule has 0 radical (unpaired) electrons. The van der Waals surface area contributed by atoms with Crippen molar-refractivity contribution in [1.29, 1.82) is 0 Å². The summed E-state index contributed by atoms with van der Waals surface area (Å²) >= 11 is 0. The number of fused-ring (bicyclic) bond motifs is 1. The van der Waals surface area contributed by atoms with Gasteiger partial charge in [-0.15, -0.1) is 0 Å². The lowest BCUT2D eigenvalue weighted by Crippen LogP contribution is -2.38. The molecule has 2 heterocycles. The number of hydrogen-bond donors (Lipinski definition) is 1. The molecule has 1 aromatic carbocycles. The summed E-state index contributed by atoms with van der Waals surface area (Å²) < 4.78 is 1.99. The highest BCUT2D eigenvalue weighted by molar-refractivity contribution is 5.95. The van der Waals surface area contributed by atoms with Crippen LogP contribution in [0.1, 0.15) is 47.4 Å². The van der Waals surface area contributed by atoms with Crippen LogP contribution in [0, 0.1) is 5.92 Å². The summed E-state index contributed by atoms with van der Waals surface area (Å²) in [6.45, 7) is 2.60. The number of hydrogen-bond acceptors (Lipinski definition) is 4. The smallest absolute Gasteiger partial charge is 0.251 e. The first-order valence-electron chi connectivity index (χ1n) is 10.4. The fourth-order valence-electron chi connectivity index (χ4n) is 3.91. The largest absolute Gasteiger partial charge is 0.378 e. The van der Waals surface area contributed by atoms with Crippen molar-refractivity contribution in [3.8, 4) is 0 Å². The minimum absolute atomic E-state index is 0.112. The zero-order valence-electron chi connectivity index (χ0n) is 17.2. The molecule has 2 aliphatic rings. The summed E-state index contributed by atoms with van der Waals surface area (Å²) in [6, 6.07) is 9.57. The minimum Gasteiger partial charge on any atom is -0.378 e. The van der Waals surface area contributed by atoms with Crippen LogP contribution >= 0.6 is 0 Å². The van der Waals surface area contributed by atoms with Gasteiger partial charge in [0.15, 0.2) is 0 Å². The van der Waals surface area contributed by atoms with Crippen molar-refractivity contribution < 1.29 is 9.59 Å². The van der Waals surface area contributed by atoms with Crippen molar-refractivity contribution in [2.45, 2.75) is 45.3 Å².